The third-order valence-corrected chi connectivity index (χ3v) is 3.05. The molecule has 2 rings (SSSR count). The minimum Gasteiger partial charge on any atom is -0.352 e. The molecule has 1 N–H and O–H groups in total. The van der Waals surface area contributed by atoms with Gasteiger partial charge in [-0.25, -0.2) is 0 Å². The average Bonchev–Trinajstić information content (AvgIpc) is 2.91. The molecule has 1 unspecified atom stereocenters. The quantitative estimate of drug-likeness (QED) is 0.820. The van der Waals surface area contributed by atoms with Crippen LogP contribution in [0.3, 0.4) is 0 Å². The molecule has 5 heteroatoms. The maximum atomic E-state index is 11.7. The molecule has 1 aliphatic rings. The summed E-state index contributed by atoms with van der Waals surface area (Å²) >= 11 is 6.08. The molecule has 1 saturated carbocycles. The Kier molecular flexibility index (Phi) is 3.19. The first-order valence-electron chi connectivity index (χ1n) is 5.56. The number of carbonyl (C=O) groups excluding carboxylic acids is 1. The second-order valence-corrected chi connectivity index (χ2v) is 4.93. The number of hydrogen-bond donors (Lipinski definition) is 1. The summed E-state index contributed by atoms with van der Waals surface area (Å²) in [6.07, 6.45) is 5.63. The maximum Gasteiger partial charge on any atom is 0.242 e. The highest BCUT2D eigenvalue weighted by atomic mass is 35.5. The molecule has 0 spiro atoms. The van der Waals surface area contributed by atoms with E-state index in [1.165, 1.54) is 0 Å². The Morgan fingerprint density at radius 3 is 2.81 bits per heavy atom. The third kappa shape index (κ3) is 2.55. The van der Waals surface area contributed by atoms with Gasteiger partial charge in [0.05, 0.1) is 6.20 Å². The molecule has 0 aliphatic heterocycles. The molecule has 16 heavy (non-hydrogen) atoms. The van der Waals surface area contributed by atoms with Gasteiger partial charge >= 0.3 is 0 Å². The van der Waals surface area contributed by atoms with Crippen molar-refractivity contribution in [1.82, 2.24) is 15.1 Å². The summed E-state index contributed by atoms with van der Waals surface area (Å²) in [4.78, 5) is 11.7. The molecule has 1 amide bonds. The number of nitrogens with one attached hydrogen (secondary N) is 1. The fraction of sp³-hybridized carbons (Fsp3) is 0.636. The van der Waals surface area contributed by atoms with Crippen molar-refractivity contribution in [3.8, 4) is 0 Å². The van der Waals surface area contributed by atoms with Crippen LogP contribution in [0.2, 0.25) is 0 Å². The first-order chi connectivity index (χ1) is 7.58. The first kappa shape index (κ1) is 11.5. The van der Waals surface area contributed by atoms with Crippen LogP contribution in [0.4, 0.5) is 0 Å². The van der Waals surface area contributed by atoms with Crippen molar-refractivity contribution < 1.29 is 4.79 Å². The van der Waals surface area contributed by atoms with Gasteiger partial charge in [0.25, 0.3) is 0 Å². The van der Waals surface area contributed by atoms with Gasteiger partial charge in [0, 0.05) is 23.8 Å². The van der Waals surface area contributed by atoms with Crippen LogP contribution >= 0.6 is 11.6 Å². The van der Waals surface area contributed by atoms with E-state index in [9.17, 15) is 4.79 Å². The van der Waals surface area contributed by atoms with Crippen LogP contribution < -0.4 is 5.32 Å². The molecule has 1 aliphatic carbocycles. The standard InChI is InChI=1S/C11H16ClN3O/c1-7(2)15-6-8(5-13-15)10(12)11(16)14-9-3-4-9/h5-7,9-10H,3-4H2,1-2H3,(H,14,16). The average molecular weight is 242 g/mol. The van der Waals surface area contributed by atoms with Gasteiger partial charge < -0.3 is 5.32 Å². The van der Waals surface area contributed by atoms with E-state index in [2.05, 4.69) is 10.4 Å². The third-order valence-electron chi connectivity index (χ3n) is 2.60. The Hall–Kier alpha value is -1.03. The molecule has 88 valence electrons. The molecular formula is C11H16ClN3O. The highest BCUT2D eigenvalue weighted by Gasteiger charge is 2.27. The number of halogens is 1. The van der Waals surface area contributed by atoms with Crippen LogP contribution in [-0.2, 0) is 4.79 Å². The first-order valence-corrected chi connectivity index (χ1v) is 6.00. The number of aromatic nitrogens is 2. The van der Waals surface area contributed by atoms with Crippen molar-refractivity contribution in [3.05, 3.63) is 18.0 Å². The zero-order valence-electron chi connectivity index (χ0n) is 9.48. The van der Waals surface area contributed by atoms with Crippen molar-refractivity contribution in [2.24, 2.45) is 0 Å². The lowest BCUT2D eigenvalue weighted by Gasteiger charge is -2.08. The van der Waals surface area contributed by atoms with Crippen molar-refractivity contribution in [3.63, 3.8) is 0 Å². The Bertz CT molecular complexity index is 384. The number of amides is 1. The number of hydrogen-bond acceptors (Lipinski definition) is 2. The number of alkyl halides is 1. The van der Waals surface area contributed by atoms with Gasteiger partial charge in [0.1, 0.15) is 5.38 Å². The van der Waals surface area contributed by atoms with Gasteiger partial charge in [0.2, 0.25) is 5.91 Å². The Morgan fingerprint density at radius 1 is 1.62 bits per heavy atom. The van der Waals surface area contributed by atoms with E-state index >= 15 is 0 Å². The minimum atomic E-state index is -0.631. The molecule has 1 fully saturated rings. The molecule has 0 radical (unpaired) electrons. The van der Waals surface area contributed by atoms with Gasteiger partial charge in [-0.05, 0) is 26.7 Å². The summed E-state index contributed by atoms with van der Waals surface area (Å²) in [5, 5.41) is 6.42. The van der Waals surface area contributed by atoms with Crippen molar-refractivity contribution in [2.75, 3.05) is 0 Å². The Labute approximate surface area is 100.0 Å². The minimum absolute atomic E-state index is 0.118. The van der Waals surface area contributed by atoms with E-state index in [4.69, 9.17) is 11.6 Å². The van der Waals surface area contributed by atoms with Crippen LogP contribution in [-0.4, -0.2) is 21.7 Å². The summed E-state index contributed by atoms with van der Waals surface area (Å²) in [7, 11) is 0. The normalized spacial score (nSPS) is 17.5. The molecule has 1 aromatic rings. The van der Waals surface area contributed by atoms with Crippen LogP contribution in [0.25, 0.3) is 0 Å². The van der Waals surface area contributed by atoms with Crippen molar-refractivity contribution in [2.45, 2.75) is 44.1 Å². The zero-order chi connectivity index (χ0) is 11.7. The highest BCUT2D eigenvalue weighted by Crippen LogP contribution is 2.24. The van der Waals surface area contributed by atoms with Crippen molar-refractivity contribution in [1.29, 1.82) is 0 Å². The summed E-state index contributed by atoms with van der Waals surface area (Å²) in [5.41, 5.74) is 0.758. The van der Waals surface area contributed by atoms with E-state index in [0.29, 0.717) is 6.04 Å². The van der Waals surface area contributed by atoms with E-state index in [1.807, 2.05) is 20.0 Å². The van der Waals surface area contributed by atoms with Gasteiger partial charge in [-0.15, -0.1) is 11.6 Å². The predicted octanol–water partition coefficient (Wildman–Crippen LogP) is 2.02. The molecule has 1 heterocycles. The summed E-state index contributed by atoms with van der Waals surface area (Å²) in [6, 6.07) is 0.623. The Balaban J connectivity index is 2.01. The lowest BCUT2D eigenvalue weighted by Crippen LogP contribution is -2.28. The lowest BCUT2D eigenvalue weighted by molar-refractivity contribution is -0.121. The molecule has 0 bridgehead atoms. The van der Waals surface area contributed by atoms with Gasteiger partial charge in [-0.2, -0.15) is 5.10 Å². The second kappa shape index (κ2) is 4.45. The SMILES string of the molecule is CC(C)n1cc(C(Cl)C(=O)NC2CC2)cn1. The molecule has 1 aromatic heterocycles. The molecule has 0 aromatic carbocycles. The number of nitrogens with zero attached hydrogens (tertiary/aromatic N) is 2. The maximum absolute atomic E-state index is 11.7. The molecule has 4 nitrogen and oxygen atoms in total. The summed E-state index contributed by atoms with van der Waals surface area (Å²) < 4.78 is 1.80. The topological polar surface area (TPSA) is 46.9 Å². The van der Waals surface area contributed by atoms with Crippen LogP contribution in [0, 0.1) is 0 Å². The zero-order valence-corrected chi connectivity index (χ0v) is 10.2. The fourth-order valence-corrected chi connectivity index (χ4v) is 1.60. The fourth-order valence-electron chi connectivity index (χ4n) is 1.42. The predicted molar refractivity (Wildman–Crippen MR) is 62.4 cm³/mol. The molecule has 0 saturated heterocycles. The van der Waals surface area contributed by atoms with E-state index in [-0.39, 0.29) is 11.9 Å². The van der Waals surface area contributed by atoms with E-state index < -0.39 is 5.38 Å². The molecule has 1 atom stereocenters. The molecular weight excluding hydrogens is 226 g/mol. The largest absolute Gasteiger partial charge is 0.352 e. The Morgan fingerprint density at radius 2 is 2.31 bits per heavy atom. The highest BCUT2D eigenvalue weighted by molar-refractivity contribution is 6.30. The van der Waals surface area contributed by atoms with Gasteiger partial charge in [-0.3, -0.25) is 9.48 Å². The van der Waals surface area contributed by atoms with Gasteiger partial charge in [0.15, 0.2) is 0 Å². The smallest absolute Gasteiger partial charge is 0.242 e. The lowest BCUT2D eigenvalue weighted by atomic mass is 10.2. The van der Waals surface area contributed by atoms with Crippen molar-refractivity contribution >= 4 is 17.5 Å². The second-order valence-electron chi connectivity index (χ2n) is 4.49. The van der Waals surface area contributed by atoms with Gasteiger partial charge in [-0.1, -0.05) is 0 Å². The monoisotopic (exact) mass is 241 g/mol. The van der Waals surface area contributed by atoms with Crippen LogP contribution in [0.1, 0.15) is 43.7 Å². The number of carbonyl (C=O) groups is 1. The summed E-state index contributed by atoms with van der Waals surface area (Å²) in [6.45, 7) is 4.06. The number of rotatable bonds is 4. The van der Waals surface area contributed by atoms with E-state index in [0.717, 1.165) is 18.4 Å². The van der Waals surface area contributed by atoms with Crippen LogP contribution in [0.15, 0.2) is 12.4 Å². The van der Waals surface area contributed by atoms with Crippen LogP contribution in [0.5, 0.6) is 0 Å². The summed E-state index contributed by atoms with van der Waals surface area (Å²) in [5.74, 6) is -0.118. The van der Waals surface area contributed by atoms with E-state index in [1.54, 1.807) is 10.9 Å².